The normalized spacial score (nSPS) is 15.0. The molecule has 0 saturated heterocycles. The van der Waals surface area contributed by atoms with Crippen molar-refractivity contribution in [3.8, 4) is 0 Å². The predicted octanol–water partition coefficient (Wildman–Crippen LogP) is 5.50. The molecule has 1 saturated carbocycles. The number of thiophene rings is 1. The number of nitrogens with one attached hydrogen (secondary N) is 1. The third kappa shape index (κ3) is 4.46. The van der Waals surface area contributed by atoms with Crippen molar-refractivity contribution in [3.05, 3.63) is 88.1 Å². The van der Waals surface area contributed by atoms with Gasteiger partial charge in [-0.15, -0.1) is 11.3 Å². The third-order valence-electron chi connectivity index (χ3n) is 5.55. The lowest BCUT2D eigenvalue weighted by molar-refractivity contribution is -0.123. The fraction of sp³-hybridized carbons (Fsp3) is 0.280. The molecule has 1 atom stereocenters. The van der Waals surface area contributed by atoms with Crippen LogP contribution in [0, 0.1) is 6.92 Å². The van der Waals surface area contributed by atoms with Crippen molar-refractivity contribution in [2.75, 3.05) is 4.90 Å². The lowest BCUT2D eigenvalue weighted by atomic mass is 10.0. The molecule has 0 bridgehead atoms. The minimum absolute atomic E-state index is 0.125. The standard InChI is InChI=1S/C25H26N2O2S/c1-18-9-7-14-21(17-18)27(25(29)22-15-8-16-30-22)23(19-10-3-2-4-11-19)24(28)26-20-12-5-6-13-20/h2-4,7-11,14-17,20,23H,5-6,12-13H2,1H3,(H,26,28). The van der Waals surface area contributed by atoms with E-state index >= 15 is 0 Å². The quantitative estimate of drug-likeness (QED) is 0.574. The molecular weight excluding hydrogens is 392 g/mol. The smallest absolute Gasteiger partial charge is 0.269 e. The monoisotopic (exact) mass is 418 g/mol. The molecule has 2 amide bonds. The molecule has 1 aromatic heterocycles. The van der Waals surface area contributed by atoms with Gasteiger partial charge >= 0.3 is 0 Å². The van der Waals surface area contributed by atoms with E-state index in [-0.39, 0.29) is 17.9 Å². The Labute approximate surface area is 181 Å². The second-order valence-electron chi connectivity index (χ2n) is 7.79. The Bertz CT molecular complexity index is 995. The van der Waals surface area contributed by atoms with E-state index in [1.807, 2.05) is 79.0 Å². The van der Waals surface area contributed by atoms with Crippen molar-refractivity contribution >= 4 is 28.8 Å². The van der Waals surface area contributed by atoms with Gasteiger partial charge in [0.2, 0.25) is 5.91 Å². The highest BCUT2D eigenvalue weighted by atomic mass is 32.1. The molecule has 1 aliphatic rings. The van der Waals surface area contributed by atoms with E-state index in [0.29, 0.717) is 4.88 Å². The number of benzene rings is 2. The molecule has 1 aliphatic carbocycles. The van der Waals surface area contributed by atoms with Crippen LogP contribution in [-0.2, 0) is 4.79 Å². The van der Waals surface area contributed by atoms with Crippen molar-refractivity contribution in [1.82, 2.24) is 5.32 Å². The van der Waals surface area contributed by atoms with Crippen LogP contribution in [-0.4, -0.2) is 17.9 Å². The zero-order valence-corrected chi connectivity index (χ0v) is 17.9. The van der Waals surface area contributed by atoms with Crippen LogP contribution in [0.25, 0.3) is 0 Å². The van der Waals surface area contributed by atoms with E-state index in [1.54, 1.807) is 4.90 Å². The molecule has 4 rings (SSSR count). The topological polar surface area (TPSA) is 49.4 Å². The Morgan fingerprint density at radius 2 is 1.77 bits per heavy atom. The maximum absolute atomic E-state index is 13.6. The first-order chi connectivity index (χ1) is 14.6. The van der Waals surface area contributed by atoms with Gasteiger partial charge < -0.3 is 5.32 Å². The van der Waals surface area contributed by atoms with Gasteiger partial charge in [-0.1, -0.05) is 61.4 Å². The first-order valence-electron chi connectivity index (χ1n) is 10.4. The van der Waals surface area contributed by atoms with Gasteiger partial charge in [0.1, 0.15) is 6.04 Å². The van der Waals surface area contributed by atoms with Crippen LogP contribution in [0.1, 0.15) is 52.5 Å². The first-order valence-corrected chi connectivity index (χ1v) is 11.3. The summed E-state index contributed by atoms with van der Waals surface area (Å²) in [5.74, 6) is -0.287. The number of carbonyl (C=O) groups is 2. The zero-order chi connectivity index (χ0) is 20.9. The highest BCUT2D eigenvalue weighted by Gasteiger charge is 2.35. The molecule has 30 heavy (non-hydrogen) atoms. The van der Waals surface area contributed by atoms with E-state index in [1.165, 1.54) is 11.3 Å². The Hall–Kier alpha value is -2.92. The molecule has 1 heterocycles. The molecule has 5 heteroatoms. The van der Waals surface area contributed by atoms with E-state index < -0.39 is 6.04 Å². The van der Waals surface area contributed by atoms with Crippen molar-refractivity contribution in [2.24, 2.45) is 0 Å². The molecule has 0 radical (unpaired) electrons. The summed E-state index contributed by atoms with van der Waals surface area (Å²) in [4.78, 5) is 29.5. The highest BCUT2D eigenvalue weighted by molar-refractivity contribution is 7.12. The van der Waals surface area contributed by atoms with Crippen molar-refractivity contribution in [1.29, 1.82) is 0 Å². The second kappa shape index (κ2) is 9.26. The van der Waals surface area contributed by atoms with Crippen molar-refractivity contribution in [3.63, 3.8) is 0 Å². The van der Waals surface area contributed by atoms with Gasteiger partial charge in [0.05, 0.1) is 4.88 Å². The average molecular weight is 419 g/mol. The predicted molar refractivity (Wildman–Crippen MR) is 122 cm³/mol. The average Bonchev–Trinajstić information content (AvgIpc) is 3.46. The molecule has 1 fully saturated rings. The Morgan fingerprint density at radius 3 is 2.43 bits per heavy atom. The number of aryl methyl sites for hydroxylation is 1. The lowest BCUT2D eigenvalue weighted by Crippen LogP contribution is -2.46. The van der Waals surface area contributed by atoms with Crippen LogP contribution in [0.4, 0.5) is 5.69 Å². The highest BCUT2D eigenvalue weighted by Crippen LogP contribution is 2.32. The van der Waals surface area contributed by atoms with E-state index in [2.05, 4.69) is 5.32 Å². The summed E-state index contributed by atoms with van der Waals surface area (Å²) in [7, 11) is 0. The van der Waals surface area contributed by atoms with E-state index in [0.717, 1.165) is 42.5 Å². The van der Waals surface area contributed by atoms with Gasteiger partial charge in [-0.3, -0.25) is 14.5 Å². The fourth-order valence-corrected chi connectivity index (χ4v) is 4.74. The largest absolute Gasteiger partial charge is 0.351 e. The number of hydrogen-bond acceptors (Lipinski definition) is 3. The lowest BCUT2D eigenvalue weighted by Gasteiger charge is -2.32. The summed E-state index contributed by atoms with van der Waals surface area (Å²) in [6, 6.07) is 20.5. The third-order valence-corrected chi connectivity index (χ3v) is 6.41. The maximum atomic E-state index is 13.6. The summed E-state index contributed by atoms with van der Waals surface area (Å²) < 4.78 is 0. The Morgan fingerprint density at radius 1 is 1.00 bits per heavy atom. The number of nitrogens with zero attached hydrogens (tertiary/aromatic N) is 1. The van der Waals surface area contributed by atoms with Gasteiger partial charge in [-0.25, -0.2) is 0 Å². The molecule has 154 valence electrons. The second-order valence-corrected chi connectivity index (χ2v) is 8.74. The summed E-state index contributed by atoms with van der Waals surface area (Å²) in [6.45, 7) is 1.99. The Balaban J connectivity index is 1.79. The van der Waals surface area contributed by atoms with Gasteiger partial charge in [-0.2, -0.15) is 0 Å². The Kier molecular flexibility index (Phi) is 6.29. The molecule has 0 aliphatic heterocycles. The summed E-state index contributed by atoms with van der Waals surface area (Å²) in [6.07, 6.45) is 4.26. The van der Waals surface area contributed by atoms with E-state index in [4.69, 9.17) is 0 Å². The molecule has 1 unspecified atom stereocenters. The van der Waals surface area contributed by atoms with Gasteiger partial charge in [0, 0.05) is 11.7 Å². The van der Waals surface area contributed by atoms with Gasteiger partial charge in [-0.05, 0) is 54.5 Å². The molecule has 2 aromatic carbocycles. The van der Waals surface area contributed by atoms with Crippen molar-refractivity contribution < 1.29 is 9.59 Å². The number of anilines is 1. The number of hydrogen-bond donors (Lipinski definition) is 1. The van der Waals surface area contributed by atoms with Crippen molar-refractivity contribution in [2.45, 2.75) is 44.7 Å². The van der Waals surface area contributed by atoms with Crippen LogP contribution in [0.2, 0.25) is 0 Å². The summed E-state index contributed by atoms with van der Waals surface area (Å²) >= 11 is 1.39. The van der Waals surface area contributed by atoms with Crippen LogP contribution < -0.4 is 10.2 Å². The number of carbonyl (C=O) groups excluding carboxylic acids is 2. The number of amides is 2. The molecule has 4 nitrogen and oxygen atoms in total. The molecule has 0 spiro atoms. The fourth-order valence-electron chi connectivity index (χ4n) is 4.08. The SMILES string of the molecule is Cc1cccc(N(C(=O)c2cccs2)C(C(=O)NC2CCCC2)c2ccccc2)c1. The summed E-state index contributed by atoms with van der Waals surface area (Å²) in [5.41, 5.74) is 2.57. The number of rotatable bonds is 6. The zero-order valence-electron chi connectivity index (χ0n) is 17.1. The molecule has 1 N–H and O–H groups in total. The van der Waals surface area contributed by atoms with Crippen LogP contribution in [0.5, 0.6) is 0 Å². The molecular formula is C25H26N2O2S. The minimum Gasteiger partial charge on any atom is -0.351 e. The summed E-state index contributed by atoms with van der Waals surface area (Å²) in [5, 5.41) is 5.10. The van der Waals surface area contributed by atoms with Crippen LogP contribution in [0.3, 0.4) is 0 Å². The van der Waals surface area contributed by atoms with Crippen LogP contribution >= 0.6 is 11.3 Å². The van der Waals surface area contributed by atoms with Gasteiger partial charge in [0.25, 0.3) is 5.91 Å². The van der Waals surface area contributed by atoms with Gasteiger partial charge in [0.15, 0.2) is 0 Å². The first kappa shape index (κ1) is 20.4. The molecule has 3 aromatic rings. The maximum Gasteiger partial charge on any atom is 0.269 e. The minimum atomic E-state index is -0.733. The van der Waals surface area contributed by atoms with E-state index in [9.17, 15) is 9.59 Å². The van der Waals surface area contributed by atoms with Crippen LogP contribution in [0.15, 0.2) is 72.1 Å².